The molecule has 0 aromatic rings. The van der Waals surface area contributed by atoms with E-state index in [1.54, 1.807) is 0 Å². The number of nitrogens with zero attached hydrogens (tertiary/aromatic N) is 2. The van der Waals surface area contributed by atoms with E-state index in [0.717, 1.165) is 26.2 Å². The van der Waals surface area contributed by atoms with Gasteiger partial charge in [0.1, 0.15) is 0 Å². The lowest BCUT2D eigenvalue weighted by molar-refractivity contribution is 0.00525. The average molecular weight is 239 g/mol. The number of ether oxygens (including phenoxy) is 1. The largest absolute Gasteiger partial charge is 0.375 e. The molecule has 4 heteroatoms. The van der Waals surface area contributed by atoms with E-state index in [4.69, 9.17) is 10.5 Å². The van der Waals surface area contributed by atoms with E-state index in [1.807, 2.05) is 0 Å². The minimum Gasteiger partial charge on any atom is -0.375 e. The molecule has 0 spiro atoms. The first-order chi connectivity index (χ1) is 8.03. The van der Waals surface area contributed by atoms with Crippen LogP contribution in [0.1, 0.15) is 33.6 Å². The van der Waals surface area contributed by atoms with E-state index in [-0.39, 0.29) is 6.10 Å². The van der Waals surface area contributed by atoms with Crippen molar-refractivity contribution in [3.05, 3.63) is 0 Å². The molecular formula is C13H25N3O. The van der Waals surface area contributed by atoms with Gasteiger partial charge < -0.3 is 15.4 Å². The summed E-state index contributed by atoms with van der Waals surface area (Å²) in [4.78, 5) is 6.75. The van der Waals surface area contributed by atoms with Gasteiger partial charge in [0.15, 0.2) is 5.96 Å². The highest BCUT2D eigenvalue weighted by Crippen LogP contribution is 2.51. The number of morpholine rings is 1. The van der Waals surface area contributed by atoms with Crippen molar-refractivity contribution < 1.29 is 4.74 Å². The number of hydrogen-bond acceptors (Lipinski definition) is 2. The van der Waals surface area contributed by atoms with Crippen LogP contribution >= 0.6 is 0 Å². The van der Waals surface area contributed by atoms with Crippen LogP contribution in [0.2, 0.25) is 0 Å². The van der Waals surface area contributed by atoms with Gasteiger partial charge in [-0.1, -0.05) is 13.8 Å². The molecule has 2 aliphatic rings. The zero-order valence-electron chi connectivity index (χ0n) is 11.3. The fourth-order valence-corrected chi connectivity index (χ4v) is 2.44. The standard InChI is InChI=1S/C13H25N3O/c1-10(2)13(4-5-13)9-15-12(14)16-6-7-17-11(3)8-16/h10-11H,4-9H2,1-3H3,(H2,14,15). The molecule has 1 unspecified atom stereocenters. The van der Waals surface area contributed by atoms with E-state index in [2.05, 4.69) is 30.7 Å². The Morgan fingerprint density at radius 1 is 1.53 bits per heavy atom. The number of aliphatic imine (C=N–C) groups is 1. The summed E-state index contributed by atoms with van der Waals surface area (Å²) in [5, 5.41) is 0. The quantitative estimate of drug-likeness (QED) is 0.599. The highest BCUT2D eigenvalue weighted by atomic mass is 16.5. The maximum atomic E-state index is 6.07. The topological polar surface area (TPSA) is 50.8 Å². The van der Waals surface area contributed by atoms with E-state index >= 15 is 0 Å². The Morgan fingerprint density at radius 3 is 2.76 bits per heavy atom. The van der Waals surface area contributed by atoms with Crippen molar-refractivity contribution in [2.45, 2.75) is 39.7 Å². The SMILES string of the molecule is CC1CN(C(N)=NCC2(C(C)C)CC2)CCO1. The molecule has 0 aromatic heterocycles. The predicted octanol–water partition coefficient (Wildman–Crippen LogP) is 1.46. The second-order valence-corrected chi connectivity index (χ2v) is 5.82. The molecule has 1 aliphatic heterocycles. The lowest BCUT2D eigenvalue weighted by atomic mass is 9.93. The van der Waals surface area contributed by atoms with E-state index in [9.17, 15) is 0 Å². The van der Waals surface area contributed by atoms with Crippen LogP contribution in [0.4, 0.5) is 0 Å². The van der Waals surface area contributed by atoms with Gasteiger partial charge in [-0.05, 0) is 31.1 Å². The van der Waals surface area contributed by atoms with Gasteiger partial charge in [-0.3, -0.25) is 4.99 Å². The average Bonchev–Trinajstić information content (AvgIpc) is 3.07. The summed E-state index contributed by atoms with van der Waals surface area (Å²) in [6, 6.07) is 0. The molecule has 2 rings (SSSR count). The summed E-state index contributed by atoms with van der Waals surface area (Å²) in [6.45, 7) is 10.0. The molecule has 1 aliphatic carbocycles. The number of hydrogen-bond donors (Lipinski definition) is 1. The Morgan fingerprint density at radius 2 is 2.24 bits per heavy atom. The molecule has 2 N–H and O–H groups in total. The van der Waals surface area contributed by atoms with Crippen molar-refractivity contribution in [3.63, 3.8) is 0 Å². The normalized spacial score (nSPS) is 28.6. The zero-order valence-corrected chi connectivity index (χ0v) is 11.3. The van der Waals surface area contributed by atoms with Crippen molar-refractivity contribution in [3.8, 4) is 0 Å². The van der Waals surface area contributed by atoms with Crippen LogP contribution in [-0.4, -0.2) is 43.2 Å². The third-order valence-electron chi connectivity index (χ3n) is 4.24. The summed E-state index contributed by atoms with van der Waals surface area (Å²) < 4.78 is 5.50. The van der Waals surface area contributed by atoms with E-state index in [1.165, 1.54) is 12.8 Å². The van der Waals surface area contributed by atoms with Gasteiger partial charge in [0.05, 0.1) is 12.7 Å². The Hall–Kier alpha value is -0.770. The second kappa shape index (κ2) is 4.84. The fraction of sp³-hybridized carbons (Fsp3) is 0.923. The van der Waals surface area contributed by atoms with Crippen molar-refractivity contribution in [2.24, 2.45) is 22.1 Å². The van der Waals surface area contributed by atoms with Crippen LogP contribution in [-0.2, 0) is 4.74 Å². The molecule has 1 heterocycles. The fourth-order valence-electron chi connectivity index (χ4n) is 2.44. The number of nitrogens with two attached hydrogens (primary N) is 1. The van der Waals surface area contributed by atoms with Gasteiger partial charge in [-0.2, -0.15) is 0 Å². The van der Waals surface area contributed by atoms with Gasteiger partial charge in [0, 0.05) is 19.6 Å². The number of guanidine groups is 1. The Labute approximate surface area is 104 Å². The van der Waals surface area contributed by atoms with Crippen LogP contribution in [0.5, 0.6) is 0 Å². The minimum atomic E-state index is 0.262. The van der Waals surface area contributed by atoms with Gasteiger partial charge in [0.2, 0.25) is 0 Å². The molecule has 98 valence electrons. The molecule has 0 amide bonds. The smallest absolute Gasteiger partial charge is 0.191 e. The van der Waals surface area contributed by atoms with Crippen molar-refractivity contribution in [1.82, 2.24) is 4.90 Å². The van der Waals surface area contributed by atoms with Crippen LogP contribution in [0.25, 0.3) is 0 Å². The molecule has 0 bridgehead atoms. The molecule has 0 radical (unpaired) electrons. The van der Waals surface area contributed by atoms with Crippen LogP contribution in [0, 0.1) is 11.3 Å². The highest BCUT2D eigenvalue weighted by molar-refractivity contribution is 5.78. The minimum absolute atomic E-state index is 0.262. The molecule has 1 atom stereocenters. The molecule has 1 saturated carbocycles. The molecule has 17 heavy (non-hydrogen) atoms. The molecule has 2 fully saturated rings. The van der Waals surface area contributed by atoms with Crippen molar-refractivity contribution in [2.75, 3.05) is 26.2 Å². The Kier molecular flexibility index (Phi) is 3.61. The second-order valence-electron chi connectivity index (χ2n) is 5.82. The van der Waals surface area contributed by atoms with Crippen LogP contribution in [0.3, 0.4) is 0 Å². The van der Waals surface area contributed by atoms with Gasteiger partial charge >= 0.3 is 0 Å². The first-order valence-electron chi connectivity index (χ1n) is 6.70. The lowest BCUT2D eigenvalue weighted by Crippen LogP contribution is -2.48. The molecule has 0 aromatic carbocycles. The third-order valence-corrected chi connectivity index (χ3v) is 4.24. The maximum Gasteiger partial charge on any atom is 0.191 e. The monoisotopic (exact) mass is 239 g/mol. The zero-order chi connectivity index (χ0) is 12.5. The number of rotatable bonds is 3. The summed E-state index contributed by atoms with van der Waals surface area (Å²) in [7, 11) is 0. The van der Waals surface area contributed by atoms with Gasteiger partial charge in [-0.25, -0.2) is 0 Å². The van der Waals surface area contributed by atoms with E-state index < -0.39 is 0 Å². The first-order valence-corrected chi connectivity index (χ1v) is 6.70. The summed E-state index contributed by atoms with van der Waals surface area (Å²) in [5.41, 5.74) is 6.51. The van der Waals surface area contributed by atoms with Gasteiger partial charge in [-0.15, -0.1) is 0 Å². The molecule has 1 saturated heterocycles. The van der Waals surface area contributed by atoms with Crippen LogP contribution in [0.15, 0.2) is 4.99 Å². The Balaban J connectivity index is 1.88. The highest BCUT2D eigenvalue weighted by Gasteiger charge is 2.45. The van der Waals surface area contributed by atoms with Crippen molar-refractivity contribution in [1.29, 1.82) is 0 Å². The lowest BCUT2D eigenvalue weighted by Gasteiger charge is -2.32. The summed E-state index contributed by atoms with van der Waals surface area (Å²) in [5.74, 6) is 1.41. The molecular weight excluding hydrogens is 214 g/mol. The molecule has 4 nitrogen and oxygen atoms in total. The first kappa shape index (κ1) is 12.7. The third kappa shape index (κ3) is 2.92. The van der Waals surface area contributed by atoms with Crippen molar-refractivity contribution >= 4 is 5.96 Å². The van der Waals surface area contributed by atoms with Crippen LogP contribution < -0.4 is 5.73 Å². The maximum absolute atomic E-state index is 6.07. The predicted molar refractivity (Wildman–Crippen MR) is 70.0 cm³/mol. The van der Waals surface area contributed by atoms with Gasteiger partial charge in [0.25, 0.3) is 0 Å². The Bertz CT molecular complexity index is 297. The summed E-state index contributed by atoms with van der Waals surface area (Å²) >= 11 is 0. The summed E-state index contributed by atoms with van der Waals surface area (Å²) in [6.07, 6.45) is 2.87. The van der Waals surface area contributed by atoms with E-state index in [0.29, 0.717) is 17.3 Å².